The molecule has 2 rings (SSSR count). The van der Waals surface area contributed by atoms with Gasteiger partial charge in [-0.05, 0) is 56.3 Å². The second kappa shape index (κ2) is 6.61. The van der Waals surface area contributed by atoms with Crippen molar-refractivity contribution in [1.29, 1.82) is 0 Å². The number of anilines is 3. The maximum atomic E-state index is 5.76. The monoisotopic (exact) mass is 280 g/mol. The first kappa shape index (κ1) is 14.7. The van der Waals surface area contributed by atoms with Gasteiger partial charge in [0, 0.05) is 28.5 Å². The lowest BCUT2D eigenvalue weighted by molar-refractivity contribution is 1.37. The lowest BCUT2D eigenvalue weighted by atomic mass is 10.2. The Morgan fingerprint density at radius 2 is 1.67 bits per heavy atom. The fraction of sp³-hybridized carbons (Fsp3) is 0.118. The smallest absolute Gasteiger partial charge is 0.0653 e. The van der Waals surface area contributed by atoms with Crippen LogP contribution < -0.4 is 16.8 Å². The van der Waals surface area contributed by atoms with Gasteiger partial charge in [-0.1, -0.05) is 12.1 Å². The predicted octanol–water partition coefficient (Wildman–Crippen LogP) is 3.96. The summed E-state index contributed by atoms with van der Waals surface area (Å²) in [6, 6.07) is 15.1. The van der Waals surface area contributed by atoms with E-state index in [2.05, 4.69) is 10.3 Å². The van der Waals surface area contributed by atoms with E-state index in [0.29, 0.717) is 5.69 Å². The zero-order chi connectivity index (χ0) is 15.2. The second-order valence-corrected chi connectivity index (χ2v) is 4.93. The predicted molar refractivity (Wildman–Crippen MR) is 91.9 cm³/mol. The van der Waals surface area contributed by atoms with Crippen LogP contribution in [0.15, 0.2) is 65.3 Å². The largest absolute Gasteiger partial charge is 0.399 e. The Hall–Kier alpha value is -2.75. The fourth-order valence-corrected chi connectivity index (χ4v) is 2.02. The van der Waals surface area contributed by atoms with Gasteiger partial charge in [0.15, 0.2) is 0 Å². The maximum absolute atomic E-state index is 5.76. The van der Waals surface area contributed by atoms with E-state index in [4.69, 9.17) is 11.5 Å². The van der Waals surface area contributed by atoms with Gasteiger partial charge in [0.2, 0.25) is 0 Å². The molecular formula is C17H20N4. The van der Waals surface area contributed by atoms with Crippen molar-refractivity contribution in [2.75, 3.05) is 16.8 Å². The summed E-state index contributed by atoms with van der Waals surface area (Å²) in [5.41, 5.74) is 16.6. The molecule has 21 heavy (non-hydrogen) atoms. The molecule has 0 amide bonds. The van der Waals surface area contributed by atoms with Crippen LogP contribution in [0.2, 0.25) is 0 Å². The Balaban J connectivity index is 2.11. The Kier molecular flexibility index (Phi) is 4.61. The average molecular weight is 280 g/mol. The van der Waals surface area contributed by atoms with Crippen LogP contribution in [0.3, 0.4) is 0 Å². The molecule has 0 unspecified atom stereocenters. The van der Waals surface area contributed by atoms with Crippen molar-refractivity contribution in [2.45, 2.75) is 13.8 Å². The summed E-state index contributed by atoms with van der Waals surface area (Å²) < 4.78 is 0. The number of nitrogens with one attached hydrogen (secondary N) is 1. The molecule has 0 heterocycles. The summed E-state index contributed by atoms with van der Waals surface area (Å²) in [6.07, 6.45) is 1.98. The minimum absolute atomic E-state index is 0.711. The summed E-state index contributed by atoms with van der Waals surface area (Å²) in [5, 5.41) is 3.29. The Morgan fingerprint density at radius 1 is 1.00 bits per heavy atom. The van der Waals surface area contributed by atoms with Crippen molar-refractivity contribution in [3.05, 3.63) is 60.3 Å². The zero-order valence-electron chi connectivity index (χ0n) is 12.3. The Bertz CT molecular complexity index is 687. The SMILES string of the molecule is C/C(=C/C(C)=N/c1cccc(N)c1)Nc1cccc(N)c1. The molecule has 2 aromatic carbocycles. The number of nitrogen functional groups attached to an aromatic ring is 2. The fourth-order valence-electron chi connectivity index (χ4n) is 2.02. The lowest BCUT2D eigenvalue weighted by Gasteiger charge is -2.07. The molecule has 0 spiro atoms. The zero-order valence-corrected chi connectivity index (χ0v) is 12.3. The molecule has 4 nitrogen and oxygen atoms in total. The first-order chi connectivity index (χ1) is 10.0. The van der Waals surface area contributed by atoms with Gasteiger partial charge in [-0.2, -0.15) is 0 Å². The number of hydrogen-bond donors (Lipinski definition) is 3. The van der Waals surface area contributed by atoms with Crippen LogP contribution in [0, 0.1) is 0 Å². The summed E-state index contributed by atoms with van der Waals surface area (Å²) in [7, 11) is 0. The molecule has 4 heteroatoms. The number of nitrogens with zero attached hydrogens (tertiary/aromatic N) is 1. The van der Waals surface area contributed by atoms with Gasteiger partial charge >= 0.3 is 0 Å². The first-order valence-electron chi connectivity index (χ1n) is 6.74. The van der Waals surface area contributed by atoms with Gasteiger partial charge in [-0.3, -0.25) is 4.99 Å². The highest BCUT2D eigenvalue weighted by atomic mass is 14.9. The van der Waals surface area contributed by atoms with Crippen LogP contribution in [0.25, 0.3) is 0 Å². The highest BCUT2D eigenvalue weighted by Crippen LogP contribution is 2.17. The van der Waals surface area contributed by atoms with Crippen LogP contribution >= 0.6 is 0 Å². The highest BCUT2D eigenvalue weighted by Gasteiger charge is 1.96. The summed E-state index contributed by atoms with van der Waals surface area (Å²) in [6.45, 7) is 3.94. The number of rotatable bonds is 4. The number of aliphatic imine (C=N–C) groups is 1. The maximum Gasteiger partial charge on any atom is 0.0653 e. The molecule has 0 fully saturated rings. The number of benzene rings is 2. The van der Waals surface area contributed by atoms with Crippen molar-refractivity contribution in [3.63, 3.8) is 0 Å². The molecule has 0 aromatic heterocycles. The molecule has 0 bridgehead atoms. The van der Waals surface area contributed by atoms with Gasteiger partial charge in [-0.25, -0.2) is 0 Å². The van der Waals surface area contributed by atoms with Gasteiger partial charge < -0.3 is 16.8 Å². The van der Waals surface area contributed by atoms with Crippen LogP contribution in [0.4, 0.5) is 22.7 Å². The minimum atomic E-state index is 0.711. The highest BCUT2D eigenvalue weighted by molar-refractivity contribution is 5.95. The first-order valence-corrected chi connectivity index (χ1v) is 6.74. The molecule has 2 aromatic rings. The minimum Gasteiger partial charge on any atom is -0.399 e. The van der Waals surface area contributed by atoms with E-state index in [9.17, 15) is 0 Å². The number of allylic oxidation sites excluding steroid dienone is 2. The summed E-state index contributed by atoms with van der Waals surface area (Å²) in [4.78, 5) is 4.51. The topological polar surface area (TPSA) is 76.4 Å². The summed E-state index contributed by atoms with van der Waals surface area (Å²) in [5.74, 6) is 0. The van der Waals surface area contributed by atoms with E-state index >= 15 is 0 Å². The normalized spacial score (nSPS) is 12.3. The molecule has 0 aliphatic carbocycles. The molecule has 0 radical (unpaired) electrons. The van der Waals surface area contributed by atoms with Crippen LogP contribution in [-0.2, 0) is 0 Å². The van der Waals surface area contributed by atoms with E-state index in [-0.39, 0.29) is 0 Å². The summed E-state index contributed by atoms with van der Waals surface area (Å²) >= 11 is 0. The lowest BCUT2D eigenvalue weighted by Crippen LogP contribution is -1.99. The van der Waals surface area contributed by atoms with Crippen molar-refractivity contribution >= 4 is 28.5 Å². The molecule has 0 aliphatic heterocycles. The second-order valence-electron chi connectivity index (χ2n) is 4.93. The number of hydrogen-bond acceptors (Lipinski definition) is 4. The average Bonchev–Trinajstić information content (AvgIpc) is 2.38. The van der Waals surface area contributed by atoms with Gasteiger partial charge in [0.05, 0.1) is 5.69 Å². The van der Waals surface area contributed by atoms with Crippen molar-refractivity contribution in [1.82, 2.24) is 0 Å². The third-order valence-electron chi connectivity index (χ3n) is 2.83. The van der Waals surface area contributed by atoms with E-state index < -0.39 is 0 Å². The third-order valence-corrected chi connectivity index (χ3v) is 2.83. The molecule has 0 saturated carbocycles. The number of nitrogens with two attached hydrogens (primary N) is 2. The third kappa shape index (κ3) is 4.69. The van der Waals surface area contributed by atoms with Crippen LogP contribution in [0.1, 0.15) is 13.8 Å². The van der Waals surface area contributed by atoms with Crippen molar-refractivity contribution in [3.8, 4) is 0 Å². The van der Waals surface area contributed by atoms with Gasteiger partial charge in [0.25, 0.3) is 0 Å². The van der Waals surface area contributed by atoms with E-state index in [0.717, 1.165) is 28.5 Å². The molecule has 5 N–H and O–H groups in total. The molecule has 108 valence electrons. The quantitative estimate of drug-likeness (QED) is 0.586. The standard InChI is InChI=1S/C17H20N4/c1-12(20-16-7-3-5-14(18)10-16)9-13(2)21-17-8-4-6-15(19)11-17/h3-11,20H,18-19H2,1-2H3/b12-9-,21-13+. The van der Waals surface area contributed by atoms with E-state index in [1.807, 2.05) is 68.5 Å². The van der Waals surface area contributed by atoms with E-state index in [1.165, 1.54) is 0 Å². The Labute approximate surface area is 125 Å². The molecule has 0 atom stereocenters. The van der Waals surface area contributed by atoms with E-state index in [1.54, 1.807) is 0 Å². The van der Waals surface area contributed by atoms with Gasteiger partial charge in [0.1, 0.15) is 0 Å². The molecule has 0 aliphatic rings. The molecular weight excluding hydrogens is 260 g/mol. The van der Waals surface area contributed by atoms with Crippen LogP contribution in [0.5, 0.6) is 0 Å². The van der Waals surface area contributed by atoms with Crippen molar-refractivity contribution in [2.24, 2.45) is 4.99 Å². The van der Waals surface area contributed by atoms with Crippen LogP contribution in [-0.4, -0.2) is 5.71 Å². The van der Waals surface area contributed by atoms with Crippen molar-refractivity contribution < 1.29 is 0 Å². The van der Waals surface area contributed by atoms with Gasteiger partial charge in [-0.15, -0.1) is 0 Å². The molecule has 0 saturated heterocycles. The Morgan fingerprint density at radius 3 is 2.33 bits per heavy atom.